The van der Waals surface area contributed by atoms with Crippen LogP contribution in [0.5, 0.6) is 5.75 Å². The monoisotopic (exact) mass is 252 g/mol. The van der Waals surface area contributed by atoms with Gasteiger partial charge >= 0.3 is 0 Å². The Kier molecular flexibility index (Phi) is 6.76. The Hall–Kier alpha value is -1.06. The van der Waals surface area contributed by atoms with Gasteiger partial charge in [-0.2, -0.15) is 0 Å². The topological polar surface area (TPSA) is 35.1 Å². The number of quaternary nitrogens is 1. The highest BCUT2D eigenvalue weighted by atomic mass is 16.5. The van der Waals surface area contributed by atoms with Crippen molar-refractivity contribution < 1.29 is 14.8 Å². The van der Waals surface area contributed by atoms with Gasteiger partial charge in [0, 0.05) is 7.11 Å². The molecule has 0 amide bonds. The molecule has 0 aliphatic heterocycles. The Morgan fingerprint density at radius 1 is 1.11 bits per heavy atom. The van der Waals surface area contributed by atoms with Crippen LogP contribution in [0.15, 0.2) is 18.2 Å². The van der Waals surface area contributed by atoms with E-state index >= 15 is 0 Å². The first kappa shape index (κ1) is 15.0. The van der Waals surface area contributed by atoms with Crippen LogP contribution in [-0.4, -0.2) is 33.4 Å². The lowest BCUT2D eigenvalue weighted by Gasteiger charge is -2.11. The van der Waals surface area contributed by atoms with Gasteiger partial charge in [-0.3, -0.25) is 0 Å². The number of hydrogen-bond acceptors (Lipinski definition) is 2. The maximum Gasteiger partial charge on any atom is 0.137 e. The molecule has 0 bridgehead atoms. The molecule has 0 fully saturated rings. The number of methoxy groups -OCH3 is 1. The van der Waals surface area contributed by atoms with Crippen molar-refractivity contribution in [2.75, 3.05) is 33.4 Å². The third-order valence-electron chi connectivity index (χ3n) is 2.86. The molecule has 18 heavy (non-hydrogen) atoms. The third kappa shape index (κ3) is 5.52. The summed E-state index contributed by atoms with van der Waals surface area (Å²) in [5.74, 6) is 1.53. The first-order valence-electron chi connectivity index (χ1n) is 6.68. The minimum atomic E-state index is 0.542. The van der Waals surface area contributed by atoms with E-state index in [9.17, 15) is 0 Å². The van der Waals surface area contributed by atoms with Gasteiger partial charge in [0.25, 0.3) is 0 Å². The van der Waals surface area contributed by atoms with Crippen LogP contribution < -0.4 is 10.1 Å². The summed E-state index contributed by atoms with van der Waals surface area (Å²) in [5, 5.41) is 2.21. The number of aryl methyl sites for hydroxylation is 1. The first-order chi connectivity index (χ1) is 8.63. The molecule has 0 aliphatic rings. The zero-order chi connectivity index (χ0) is 13.4. The maximum atomic E-state index is 5.79. The van der Waals surface area contributed by atoms with Crippen molar-refractivity contribution in [1.82, 2.24) is 0 Å². The summed E-state index contributed by atoms with van der Waals surface area (Å²) in [6, 6.07) is 6.47. The number of benzene rings is 1. The molecule has 0 saturated heterocycles. The summed E-state index contributed by atoms with van der Waals surface area (Å²) in [5.41, 5.74) is 2.60. The van der Waals surface area contributed by atoms with Crippen LogP contribution >= 0.6 is 0 Å². The molecule has 0 unspecified atom stereocenters. The van der Waals surface area contributed by atoms with Crippen LogP contribution in [0, 0.1) is 6.92 Å². The minimum absolute atomic E-state index is 0.542. The second-order valence-electron chi connectivity index (χ2n) is 4.94. The van der Waals surface area contributed by atoms with Crippen molar-refractivity contribution in [3.8, 4) is 5.75 Å². The van der Waals surface area contributed by atoms with Crippen LogP contribution in [0.2, 0.25) is 0 Å². The van der Waals surface area contributed by atoms with Crippen molar-refractivity contribution in [2.45, 2.75) is 26.7 Å². The molecule has 3 heteroatoms. The Labute approximate surface area is 110 Å². The normalized spacial score (nSPS) is 10.9. The zero-order valence-electron chi connectivity index (χ0n) is 12.0. The van der Waals surface area contributed by atoms with E-state index in [1.165, 1.54) is 11.1 Å². The molecular formula is C15H26NO2+. The second kappa shape index (κ2) is 8.11. The molecule has 0 radical (unpaired) electrons. The van der Waals surface area contributed by atoms with E-state index in [2.05, 4.69) is 44.3 Å². The largest absolute Gasteiger partial charge is 0.488 e. The summed E-state index contributed by atoms with van der Waals surface area (Å²) >= 11 is 0. The average molecular weight is 252 g/mol. The van der Waals surface area contributed by atoms with E-state index in [-0.39, 0.29) is 0 Å². The first-order valence-corrected chi connectivity index (χ1v) is 6.68. The lowest BCUT2D eigenvalue weighted by atomic mass is 10.0. The van der Waals surface area contributed by atoms with Gasteiger partial charge in [0.2, 0.25) is 0 Å². The van der Waals surface area contributed by atoms with E-state index in [1.807, 2.05) is 0 Å². The Morgan fingerprint density at radius 2 is 1.83 bits per heavy atom. The molecule has 0 atom stereocenters. The Balaban J connectivity index is 2.37. The van der Waals surface area contributed by atoms with Crippen LogP contribution in [0.25, 0.3) is 0 Å². The smallest absolute Gasteiger partial charge is 0.137 e. The molecule has 102 valence electrons. The fraction of sp³-hybridized carbons (Fsp3) is 0.600. The van der Waals surface area contributed by atoms with Gasteiger partial charge in [0.05, 0.1) is 13.2 Å². The molecule has 0 aromatic heterocycles. The van der Waals surface area contributed by atoms with E-state index in [0.29, 0.717) is 5.92 Å². The van der Waals surface area contributed by atoms with Crippen LogP contribution in [-0.2, 0) is 4.74 Å². The van der Waals surface area contributed by atoms with E-state index in [4.69, 9.17) is 9.47 Å². The summed E-state index contributed by atoms with van der Waals surface area (Å²) in [6.45, 7) is 10.0. The van der Waals surface area contributed by atoms with E-state index in [0.717, 1.165) is 32.1 Å². The van der Waals surface area contributed by atoms with Gasteiger partial charge in [0.1, 0.15) is 18.9 Å². The molecule has 0 heterocycles. The van der Waals surface area contributed by atoms with Crippen molar-refractivity contribution in [3.63, 3.8) is 0 Å². The molecule has 1 rings (SSSR count). The van der Waals surface area contributed by atoms with Crippen molar-refractivity contribution >= 4 is 0 Å². The van der Waals surface area contributed by atoms with Crippen LogP contribution in [0.4, 0.5) is 0 Å². The predicted octanol–water partition coefficient (Wildman–Crippen LogP) is 1.71. The molecule has 3 nitrogen and oxygen atoms in total. The SMILES string of the molecule is COCC[NH2+]CCOc1cc(C)cc(C(C)C)c1. The Morgan fingerprint density at radius 3 is 2.50 bits per heavy atom. The van der Waals surface area contributed by atoms with Gasteiger partial charge in [-0.25, -0.2) is 0 Å². The highest BCUT2D eigenvalue weighted by Gasteiger charge is 2.03. The maximum absolute atomic E-state index is 5.79. The number of nitrogens with two attached hydrogens (primary N) is 1. The van der Waals surface area contributed by atoms with Crippen LogP contribution in [0.1, 0.15) is 30.9 Å². The second-order valence-corrected chi connectivity index (χ2v) is 4.94. The standard InChI is InChI=1S/C15H25NO2/c1-12(2)14-9-13(3)10-15(11-14)18-8-6-16-5-7-17-4/h9-12,16H,5-8H2,1-4H3/p+1. The lowest BCUT2D eigenvalue weighted by molar-refractivity contribution is -0.656. The van der Waals surface area contributed by atoms with Gasteiger partial charge in [-0.15, -0.1) is 0 Å². The van der Waals surface area contributed by atoms with Gasteiger partial charge in [-0.05, 0) is 36.1 Å². The quantitative estimate of drug-likeness (QED) is 0.715. The average Bonchev–Trinajstić information content (AvgIpc) is 2.33. The third-order valence-corrected chi connectivity index (χ3v) is 2.86. The van der Waals surface area contributed by atoms with Crippen LogP contribution in [0.3, 0.4) is 0 Å². The molecule has 0 saturated carbocycles. The van der Waals surface area contributed by atoms with Crippen molar-refractivity contribution in [3.05, 3.63) is 29.3 Å². The fourth-order valence-corrected chi connectivity index (χ4v) is 1.80. The summed E-state index contributed by atoms with van der Waals surface area (Å²) in [7, 11) is 1.73. The lowest BCUT2D eigenvalue weighted by Crippen LogP contribution is -2.86. The number of rotatable bonds is 8. The molecular weight excluding hydrogens is 226 g/mol. The fourth-order valence-electron chi connectivity index (χ4n) is 1.80. The van der Waals surface area contributed by atoms with E-state index < -0.39 is 0 Å². The van der Waals surface area contributed by atoms with Crippen molar-refractivity contribution in [1.29, 1.82) is 0 Å². The van der Waals surface area contributed by atoms with E-state index in [1.54, 1.807) is 7.11 Å². The molecule has 0 spiro atoms. The summed E-state index contributed by atoms with van der Waals surface area (Å²) in [6.07, 6.45) is 0. The summed E-state index contributed by atoms with van der Waals surface area (Å²) in [4.78, 5) is 0. The van der Waals surface area contributed by atoms with Crippen molar-refractivity contribution in [2.24, 2.45) is 0 Å². The minimum Gasteiger partial charge on any atom is -0.488 e. The van der Waals surface area contributed by atoms with Gasteiger partial charge in [0.15, 0.2) is 0 Å². The van der Waals surface area contributed by atoms with Gasteiger partial charge < -0.3 is 14.8 Å². The predicted molar refractivity (Wildman–Crippen MR) is 74.3 cm³/mol. The molecule has 1 aromatic carbocycles. The Bertz CT molecular complexity index is 350. The molecule has 2 N–H and O–H groups in total. The molecule has 0 aliphatic carbocycles. The zero-order valence-corrected chi connectivity index (χ0v) is 12.0. The van der Waals surface area contributed by atoms with Gasteiger partial charge in [-0.1, -0.05) is 19.9 Å². The summed E-state index contributed by atoms with van der Waals surface area (Å²) < 4.78 is 10.8. The highest BCUT2D eigenvalue weighted by molar-refractivity contribution is 5.35. The molecule has 1 aromatic rings. The number of ether oxygens (including phenoxy) is 2. The number of hydrogen-bond donors (Lipinski definition) is 1. The highest BCUT2D eigenvalue weighted by Crippen LogP contribution is 2.22.